The molecule has 1 aliphatic carbocycles. The van der Waals surface area contributed by atoms with E-state index in [9.17, 15) is 0 Å². The van der Waals surface area contributed by atoms with Gasteiger partial charge in [-0.15, -0.1) is 0 Å². The van der Waals surface area contributed by atoms with E-state index in [0.717, 1.165) is 23.1 Å². The van der Waals surface area contributed by atoms with E-state index in [1.54, 1.807) is 0 Å². The third-order valence-corrected chi connectivity index (χ3v) is 5.39. The van der Waals surface area contributed by atoms with Gasteiger partial charge < -0.3 is 10.1 Å². The summed E-state index contributed by atoms with van der Waals surface area (Å²) in [6.45, 7) is 6.65. The summed E-state index contributed by atoms with van der Waals surface area (Å²) in [5.41, 5.74) is 1.46. The molecule has 1 aliphatic rings. The van der Waals surface area contributed by atoms with Crippen molar-refractivity contribution in [2.45, 2.75) is 45.8 Å². The Kier molecular flexibility index (Phi) is 4.02. The molecular formula is C15H22BrNO. The number of hydrogen-bond acceptors (Lipinski definition) is 2. The predicted molar refractivity (Wildman–Crippen MR) is 79.2 cm³/mol. The average molecular weight is 312 g/mol. The van der Waals surface area contributed by atoms with Crippen LogP contribution in [-0.4, -0.2) is 19.2 Å². The number of nitrogens with one attached hydrogen (secondary N) is 1. The molecular weight excluding hydrogens is 290 g/mol. The Hall–Kier alpha value is -0.540. The van der Waals surface area contributed by atoms with Gasteiger partial charge in [-0.2, -0.15) is 0 Å². The third-order valence-electron chi connectivity index (χ3n) is 4.50. The van der Waals surface area contributed by atoms with Gasteiger partial charge in [-0.3, -0.25) is 0 Å². The Morgan fingerprint density at radius 1 is 1.50 bits per heavy atom. The van der Waals surface area contributed by atoms with Crippen molar-refractivity contribution >= 4 is 15.9 Å². The van der Waals surface area contributed by atoms with E-state index in [2.05, 4.69) is 54.2 Å². The molecule has 0 amide bonds. The molecule has 3 atom stereocenters. The molecule has 0 aromatic heterocycles. The second-order valence-electron chi connectivity index (χ2n) is 5.45. The van der Waals surface area contributed by atoms with Crippen LogP contribution in [0.15, 0.2) is 22.7 Å². The van der Waals surface area contributed by atoms with Crippen LogP contribution in [0, 0.1) is 12.3 Å². The van der Waals surface area contributed by atoms with E-state index in [1.807, 2.05) is 13.1 Å². The van der Waals surface area contributed by atoms with Crippen molar-refractivity contribution in [3.05, 3.63) is 28.2 Å². The van der Waals surface area contributed by atoms with E-state index < -0.39 is 0 Å². The average Bonchev–Trinajstić information content (AvgIpc) is 2.37. The molecule has 100 valence electrons. The van der Waals surface area contributed by atoms with Crippen molar-refractivity contribution in [2.75, 3.05) is 7.05 Å². The highest BCUT2D eigenvalue weighted by molar-refractivity contribution is 9.10. The minimum absolute atomic E-state index is 0.246. The number of aryl methyl sites for hydroxylation is 1. The van der Waals surface area contributed by atoms with E-state index in [0.29, 0.717) is 12.1 Å². The number of rotatable bonds is 4. The molecule has 3 heteroatoms. The number of halogens is 1. The fourth-order valence-electron chi connectivity index (χ4n) is 2.78. The lowest BCUT2D eigenvalue weighted by molar-refractivity contribution is -0.0677. The molecule has 0 heterocycles. The fraction of sp³-hybridized carbons (Fsp3) is 0.600. The monoisotopic (exact) mass is 311 g/mol. The van der Waals surface area contributed by atoms with Crippen LogP contribution in [0.3, 0.4) is 0 Å². The summed E-state index contributed by atoms with van der Waals surface area (Å²) < 4.78 is 7.30. The van der Waals surface area contributed by atoms with Gasteiger partial charge in [0.05, 0.1) is 0 Å². The maximum atomic E-state index is 6.16. The van der Waals surface area contributed by atoms with Crippen LogP contribution < -0.4 is 10.1 Å². The normalized spacial score (nSPS) is 30.9. The van der Waals surface area contributed by atoms with Gasteiger partial charge in [0.15, 0.2) is 0 Å². The molecule has 1 saturated carbocycles. The molecule has 0 saturated heterocycles. The van der Waals surface area contributed by atoms with Gasteiger partial charge in [0.1, 0.15) is 11.9 Å². The summed E-state index contributed by atoms with van der Waals surface area (Å²) in [5, 5.41) is 3.39. The first kappa shape index (κ1) is 13.9. The van der Waals surface area contributed by atoms with Gasteiger partial charge in [0.2, 0.25) is 0 Å². The quantitative estimate of drug-likeness (QED) is 0.910. The second-order valence-corrected chi connectivity index (χ2v) is 6.31. The predicted octanol–water partition coefficient (Wildman–Crippen LogP) is 3.91. The first-order valence-electron chi connectivity index (χ1n) is 6.61. The Morgan fingerprint density at radius 2 is 2.22 bits per heavy atom. The maximum Gasteiger partial charge on any atom is 0.120 e. The van der Waals surface area contributed by atoms with Crippen molar-refractivity contribution in [3.8, 4) is 5.75 Å². The second kappa shape index (κ2) is 5.22. The Morgan fingerprint density at radius 3 is 2.78 bits per heavy atom. The van der Waals surface area contributed by atoms with Crippen molar-refractivity contribution in [3.63, 3.8) is 0 Å². The molecule has 0 radical (unpaired) electrons. The Balaban J connectivity index is 2.08. The molecule has 2 rings (SSSR count). The van der Waals surface area contributed by atoms with Crippen LogP contribution >= 0.6 is 15.9 Å². The fourth-order valence-corrected chi connectivity index (χ4v) is 3.02. The summed E-state index contributed by atoms with van der Waals surface area (Å²) >= 11 is 3.52. The minimum atomic E-state index is 0.246. The van der Waals surface area contributed by atoms with Gasteiger partial charge >= 0.3 is 0 Å². The summed E-state index contributed by atoms with van der Waals surface area (Å²) in [4.78, 5) is 0. The zero-order valence-corrected chi connectivity index (χ0v) is 13.2. The molecule has 1 aromatic carbocycles. The van der Waals surface area contributed by atoms with Crippen LogP contribution in [0.1, 0.15) is 32.3 Å². The van der Waals surface area contributed by atoms with Gasteiger partial charge in [0, 0.05) is 22.4 Å². The van der Waals surface area contributed by atoms with Gasteiger partial charge in [0.25, 0.3) is 0 Å². The highest BCUT2D eigenvalue weighted by atomic mass is 79.9. The molecule has 3 unspecified atom stereocenters. The lowest BCUT2D eigenvalue weighted by atomic mass is 9.61. The molecule has 0 bridgehead atoms. The first-order chi connectivity index (χ1) is 8.51. The van der Waals surface area contributed by atoms with E-state index in [-0.39, 0.29) is 5.41 Å². The largest absolute Gasteiger partial charge is 0.490 e. The van der Waals surface area contributed by atoms with Crippen molar-refractivity contribution in [1.29, 1.82) is 0 Å². The summed E-state index contributed by atoms with van der Waals surface area (Å²) in [7, 11) is 2.04. The highest BCUT2D eigenvalue weighted by Gasteiger charge is 2.51. The zero-order valence-electron chi connectivity index (χ0n) is 11.6. The van der Waals surface area contributed by atoms with Crippen LogP contribution in [-0.2, 0) is 0 Å². The first-order valence-corrected chi connectivity index (χ1v) is 7.40. The lowest BCUT2D eigenvalue weighted by Crippen LogP contribution is -2.62. The molecule has 0 spiro atoms. The highest BCUT2D eigenvalue weighted by Crippen LogP contribution is 2.46. The SMILES string of the molecule is CCC1(C)C(NC)CC1Oc1ccc(Br)c(C)c1. The topological polar surface area (TPSA) is 21.3 Å². The van der Waals surface area contributed by atoms with Gasteiger partial charge in [-0.25, -0.2) is 0 Å². The van der Waals surface area contributed by atoms with Crippen LogP contribution in [0.5, 0.6) is 5.75 Å². The summed E-state index contributed by atoms with van der Waals surface area (Å²) in [6, 6.07) is 6.78. The molecule has 18 heavy (non-hydrogen) atoms. The van der Waals surface area contributed by atoms with Crippen molar-refractivity contribution in [2.24, 2.45) is 5.41 Å². The lowest BCUT2D eigenvalue weighted by Gasteiger charge is -2.53. The summed E-state index contributed by atoms with van der Waals surface area (Å²) in [6.07, 6.45) is 2.55. The minimum Gasteiger partial charge on any atom is -0.490 e. The van der Waals surface area contributed by atoms with Crippen LogP contribution in [0.4, 0.5) is 0 Å². The number of hydrogen-bond donors (Lipinski definition) is 1. The van der Waals surface area contributed by atoms with Gasteiger partial charge in [-0.1, -0.05) is 29.8 Å². The summed E-state index contributed by atoms with van der Waals surface area (Å²) in [5.74, 6) is 0.981. The molecule has 1 N–H and O–H groups in total. The van der Waals surface area contributed by atoms with E-state index in [1.165, 1.54) is 5.56 Å². The molecule has 0 aliphatic heterocycles. The Bertz CT molecular complexity index is 435. The molecule has 2 nitrogen and oxygen atoms in total. The maximum absolute atomic E-state index is 6.16. The van der Waals surface area contributed by atoms with E-state index >= 15 is 0 Å². The number of ether oxygens (including phenoxy) is 1. The Labute approximate surface area is 118 Å². The molecule has 1 fully saturated rings. The van der Waals surface area contributed by atoms with Crippen molar-refractivity contribution in [1.82, 2.24) is 5.32 Å². The van der Waals surface area contributed by atoms with Crippen molar-refractivity contribution < 1.29 is 4.74 Å². The molecule has 1 aromatic rings. The zero-order chi connectivity index (χ0) is 13.3. The van der Waals surface area contributed by atoms with Crippen LogP contribution in [0.2, 0.25) is 0 Å². The third kappa shape index (κ3) is 2.30. The smallest absolute Gasteiger partial charge is 0.120 e. The standard InChI is InChI=1S/C15H22BrNO/c1-5-15(3)13(17-4)9-14(15)18-11-6-7-12(16)10(2)8-11/h6-8,13-14,17H,5,9H2,1-4H3. The van der Waals surface area contributed by atoms with Gasteiger partial charge in [-0.05, 0) is 44.2 Å². The van der Waals surface area contributed by atoms with Crippen LogP contribution in [0.25, 0.3) is 0 Å². The number of benzene rings is 1. The van der Waals surface area contributed by atoms with E-state index in [4.69, 9.17) is 4.74 Å².